The van der Waals surface area contributed by atoms with Gasteiger partial charge >= 0.3 is 0 Å². The van der Waals surface area contributed by atoms with Gasteiger partial charge in [0.2, 0.25) is 0 Å². The summed E-state index contributed by atoms with van der Waals surface area (Å²) in [5, 5.41) is 13.5. The topological polar surface area (TPSA) is 41.5 Å². The van der Waals surface area contributed by atoms with E-state index in [0.717, 1.165) is 25.0 Å². The monoisotopic (exact) mass is 249 g/mol. The van der Waals surface area contributed by atoms with E-state index in [1.54, 1.807) is 7.11 Å². The molecule has 3 heteroatoms. The van der Waals surface area contributed by atoms with Crippen LogP contribution in [0.2, 0.25) is 0 Å². The molecular weight excluding hydrogens is 226 g/mol. The van der Waals surface area contributed by atoms with Gasteiger partial charge in [0, 0.05) is 12.0 Å². The van der Waals surface area contributed by atoms with Crippen LogP contribution in [-0.4, -0.2) is 25.4 Å². The lowest BCUT2D eigenvalue weighted by Gasteiger charge is -2.34. The van der Waals surface area contributed by atoms with Gasteiger partial charge in [-0.2, -0.15) is 0 Å². The molecule has 100 valence electrons. The van der Waals surface area contributed by atoms with Gasteiger partial charge in [-0.25, -0.2) is 0 Å². The van der Waals surface area contributed by atoms with Gasteiger partial charge in [-0.1, -0.05) is 25.0 Å². The summed E-state index contributed by atoms with van der Waals surface area (Å²) in [6.07, 6.45) is 4.18. The summed E-state index contributed by atoms with van der Waals surface area (Å²) in [5.74, 6) is 1.17. The molecule has 1 saturated carbocycles. The quantitative estimate of drug-likeness (QED) is 0.861. The minimum atomic E-state index is -0.192. The molecule has 0 aliphatic heterocycles. The number of methoxy groups -OCH3 is 1. The van der Waals surface area contributed by atoms with Crippen molar-refractivity contribution in [1.82, 2.24) is 5.32 Å². The summed E-state index contributed by atoms with van der Waals surface area (Å²) >= 11 is 0. The first-order valence-electron chi connectivity index (χ1n) is 6.75. The van der Waals surface area contributed by atoms with Gasteiger partial charge in [0.05, 0.1) is 13.2 Å². The second-order valence-corrected chi connectivity index (χ2v) is 5.06. The van der Waals surface area contributed by atoms with Gasteiger partial charge in [-0.3, -0.25) is 0 Å². The lowest BCUT2D eigenvalue weighted by molar-refractivity contribution is 0.0494. The molecule has 1 aromatic rings. The van der Waals surface area contributed by atoms with E-state index in [1.165, 1.54) is 12.0 Å². The normalized spacial score (nSPS) is 25.7. The second kappa shape index (κ2) is 6.21. The zero-order valence-electron chi connectivity index (χ0n) is 11.2. The number of aliphatic hydroxyl groups is 1. The molecule has 18 heavy (non-hydrogen) atoms. The van der Waals surface area contributed by atoms with Crippen molar-refractivity contribution >= 4 is 0 Å². The fraction of sp³-hybridized carbons (Fsp3) is 0.600. The third-order valence-electron chi connectivity index (χ3n) is 3.97. The third-order valence-corrected chi connectivity index (χ3v) is 3.97. The van der Waals surface area contributed by atoms with Crippen molar-refractivity contribution in [2.75, 3.05) is 14.2 Å². The first-order valence-corrected chi connectivity index (χ1v) is 6.75. The second-order valence-electron chi connectivity index (χ2n) is 5.06. The highest BCUT2D eigenvalue weighted by atomic mass is 16.5. The average molecular weight is 249 g/mol. The Kier molecular flexibility index (Phi) is 4.61. The van der Waals surface area contributed by atoms with Crippen LogP contribution in [-0.2, 0) is 0 Å². The highest BCUT2D eigenvalue weighted by Crippen LogP contribution is 2.35. The maximum Gasteiger partial charge on any atom is 0.119 e. The third kappa shape index (κ3) is 2.85. The van der Waals surface area contributed by atoms with Crippen LogP contribution in [0.1, 0.15) is 37.3 Å². The molecule has 0 heterocycles. The Morgan fingerprint density at radius 3 is 2.78 bits per heavy atom. The Hall–Kier alpha value is -1.06. The van der Waals surface area contributed by atoms with Gasteiger partial charge in [0.1, 0.15) is 5.75 Å². The number of aliphatic hydroxyl groups excluding tert-OH is 1. The molecule has 0 amide bonds. The molecule has 1 aliphatic rings. The smallest absolute Gasteiger partial charge is 0.119 e. The van der Waals surface area contributed by atoms with Gasteiger partial charge in [0.25, 0.3) is 0 Å². The molecular formula is C15H23NO2. The van der Waals surface area contributed by atoms with Crippen LogP contribution in [0.15, 0.2) is 24.3 Å². The molecule has 1 fully saturated rings. The Labute approximate surface area is 109 Å². The van der Waals surface area contributed by atoms with Crippen molar-refractivity contribution in [3.05, 3.63) is 29.8 Å². The minimum absolute atomic E-state index is 0.192. The molecule has 0 saturated heterocycles. The van der Waals surface area contributed by atoms with Crippen LogP contribution >= 0.6 is 0 Å². The van der Waals surface area contributed by atoms with E-state index in [2.05, 4.69) is 17.4 Å². The minimum Gasteiger partial charge on any atom is -0.497 e. The Balaban J connectivity index is 2.20. The number of hydrogen-bond donors (Lipinski definition) is 2. The predicted octanol–water partition coefficient (Wildman–Crippen LogP) is 2.51. The summed E-state index contributed by atoms with van der Waals surface area (Å²) < 4.78 is 5.27. The summed E-state index contributed by atoms with van der Waals surface area (Å²) in [6, 6.07) is 8.32. The summed E-state index contributed by atoms with van der Waals surface area (Å²) in [4.78, 5) is 0. The number of benzene rings is 1. The molecule has 0 radical (unpaired) electrons. The number of nitrogens with one attached hydrogen (secondary N) is 1. The summed E-state index contributed by atoms with van der Waals surface area (Å²) in [6.45, 7) is 0. The molecule has 2 N–H and O–H groups in total. The molecule has 2 rings (SSSR count). The zero-order valence-corrected chi connectivity index (χ0v) is 11.2. The van der Waals surface area contributed by atoms with E-state index in [9.17, 15) is 5.11 Å². The fourth-order valence-corrected chi connectivity index (χ4v) is 2.99. The van der Waals surface area contributed by atoms with Crippen molar-refractivity contribution < 1.29 is 9.84 Å². The molecule has 0 bridgehead atoms. The Bertz CT molecular complexity index is 381. The van der Waals surface area contributed by atoms with Crippen LogP contribution in [0, 0.1) is 5.92 Å². The van der Waals surface area contributed by atoms with Crippen LogP contribution in [0.3, 0.4) is 0 Å². The van der Waals surface area contributed by atoms with Gasteiger partial charge in [0.15, 0.2) is 0 Å². The largest absolute Gasteiger partial charge is 0.497 e. The molecule has 0 aromatic heterocycles. The maximum atomic E-state index is 10.2. The van der Waals surface area contributed by atoms with Crippen molar-refractivity contribution in [2.45, 2.75) is 37.8 Å². The molecule has 3 nitrogen and oxygen atoms in total. The molecule has 0 spiro atoms. The van der Waals surface area contributed by atoms with Gasteiger partial charge in [-0.05, 0) is 37.6 Å². The standard InChI is InChI=1S/C15H23NO2/c1-16-15(13-8-3-4-9-14(13)17)11-6-5-7-12(10-11)18-2/h5-7,10,13-17H,3-4,8-9H2,1-2H3/t13-,14+,15?/m0/s1. The van der Waals surface area contributed by atoms with Crippen molar-refractivity contribution in [3.63, 3.8) is 0 Å². The van der Waals surface area contributed by atoms with Crippen molar-refractivity contribution in [3.8, 4) is 5.75 Å². The van der Waals surface area contributed by atoms with E-state index >= 15 is 0 Å². The SMILES string of the molecule is CNC(c1cccc(OC)c1)[C@H]1CCCC[C@H]1O. The maximum absolute atomic E-state index is 10.2. The zero-order chi connectivity index (χ0) is 13.0. The molecule has 1 unspecified atom stereocenters. The highest BCUT2D eigenvalue weighted by Gasteiger charge is 2.30. The molecule has 1 aliphatic carbocycles. The van der Waals surface area contributed by atoms with Crippen molar-refractivity contribution in [2.24, 2.45) is 5.92 Å². The fourth-order valence-electron chi connectivity index (χ4n) is 2.99. The van der Waals surface area contributed by atoms with E-state index in [1.807, 2.05) is 19.2 Å². The Morgan fingerprint density at radius 2 is 2.11 bits per heavy atom. The van der Waals surface area contributed by atoms with Crippen LogP contribution in [0.25, 0.3) is 0 Å². The van der Waals surface area contributed by atoms with E-state index in [0.29, 0.717) is 5.92 Å². The summed E-state index contributed by atoms with van der Waals surface area (Å²) in [5.41, 5.74) is 1.20. The van der Waals surface area contributed by atoms with Crippen LogP contribution in [0.5, 0.6) is 5.75 Å². The average Bonchev–Trinajstić information content (AvgIpc) is 2.42. The van der Waals surface area contributed by atoms with Gasteiger partial charge in [-0.15, -0.1) is 0 Å². The van der Waals surface area contributed by atoms with E-state index in [4.69, 9.17) is 4.74 Å². The molecule has 1 aromatic carbocycles. The lowest BCUT2D eigenvalue weighted by atomic mass is 9.79. The van der Waals surface area contributed by atoms with E-state index in [-0.39, 0.29) is 12.1 Å². The highest BCUT2D eigenvalue weighted by molar-refractivity contribution is 5.31. The summed E-state index contributed by atoms with van der Waals surface area (Å²) in [7, 11) is 3.65. The number of ether oxygens (including phenoxy) is 1. The van der Waals surface area contributed by atoms with Crippen LogP contribution in [0.4, 0.5) is 0 Å². The number of hydrogen-bond acceptors (Lipinski definition) is 3. The molecule has 3 atom stereocenters. The van der Waals surface area contributed by atoms with E-state index < -0.39 is 0 Å². The first kappa shape index (κ1) is 13.4. The van der Waals surface area contributed by atoms with Crippen LogP contribution < -0.4 is 10.1 Å². The number of rotatable bonds is 4. The first-order chi connectivity index (χ1) is 8.76. The predicted molar refractivity (Wildman–Crippen MR) is 72.8 cm³/mol. The van der Waals surface area contributed by atoms with Crippen molar-refractivity contribution in [1.29, 1.82) is 0 Å². The Morgan fingerprint density at radius 1 is 1.33 bits per heavy atom. The lowest BCUT2D eigenvalue weighted by Crippen LogP contribution is -2.35. The van der Waals surface area contributed by atoms with Gasteiger partial charge < -0.3 is 15.2 Å².